The van der Waals surface area contributed by atoms with Crippen molar-refractivity contribution in [1.29, 1.82) is 0 Å². The molecule has 0 aromatic heterocycles. The molecule has 176 valence electrons. The Hall–Kier alpha value is -2.86. The Bertz CT molecular complexity index is 990. The highest BCUT2D eigenvalue weighted by Crippen LogP contribution is 2.25. The topological polar surface area (TPSA) is 81.7 Å². The number of nitrogens with one attached hydrogen (secondary N) is 2. The fraction of sp³-hybridized carbons (Fsp3) is 0.481. The van der Waals surface area contributed by atoms with Gasteiger partial charge in [0.2, 0.25) is 5.91 Å². The second kappa shape index (κ2) is 10.8. The van der Waals surface area contributed by atoms with E-state index in [1.165, 1.54) is 24.0 Å². The number of fused-ring (bicyclic) bond motifs is 1. The smallest absolute Gasteiger partial charge is 0.253 e. The van der Waals surface area contributed by atoms with E-state index in [2.05, 4.69) is 28.8 Å². The van der Waals surface area contributed by atoms with Crippen LogP contribution in [0, 0.1) is 5.92 Å². The number of hydrogen-bond donors (Lipinski definition) is 3. The van der Waals surface area contributed by atoms with Crippen LogP contribution in [0.1, 0.15) is 65.7 Å². The molecule has 1 aliphatic heterocycles. The molecule has 2 unspecified atom stereocenters. The third-order valence-corrected chi connectivity index (χ3v) is 6.88. The second-order valence-corrected chi connectivity index (χ2v) is 9.40. The molecule has 4 rings (SSSR count). The van der Waals surface area contributed by atoms with E-state index in [0.29, 0.717) is 12.1 Å². The monoisotopic (exact) mass is 449 g/mol. The minimum atomic E-state index is -0.0845. The molecule has 6 heteroatoms. The van der Waals surface area contributed by atoms with Gasteiger partial charge in [0, 0.05) is 30.9 Å². The Morgan fingerprint density at radius 3 is 2.73 bits per heavy atom. The van der Waals surface area contributed by atoms with Crippen molar-refractivity contribution in [3.63, 3.8) is 0 Å². The molecule has 1 heterocycles. The van der Waals surface area contributed by atoms with Gasteiger partial charge in [-0.3, -0.25) is 9.59 Å². The van der Waals surface area contributed by atoms with E-state index in [0.717, 1.165) is 43.5 Å². The van der Waals surface area contributed by atoms with Crippen LogP contribution in [0.5, 0.6) is 0 Å². The summed E-state index contributed by atoms with van der Waals surface area (Å²) in [5.41, 5.74) is 5.34. The van der Waals surface area contributed by atoms with Gasteiger partial charge in [-0.25, -0.2) is 0 Å². The maximum Gasteiger partial charge on any atom is 0.253 e. The number of aryl methyl sites for hydroxylation is 2. The fourth-order valence-corrected chi connectivity index (χ4v) is 4.92. The number of carbonyl (C=O) groups excluding carboxylic acids is 2. The van der Waals surface area contributed by atoms with Gasteiger partial charge in [0.15, 0.2) is 0 Å². The van der Waals surface area contributed by atoms with Crippen LogP contribution >= 0.6 is 0 Å². The number of carbonyl (C=O) groups is 2. The van der Waals surface area contributed by atoms with Crippen LogP contribution in [0.2, 0.25) is 0 Å². The molecular formula is C27H35N3O3. The lowest BCUT2D eigenvalue weighted by atomic mass is 9.89. The van der Waals surface area contributed by atoms with Crippen LogP contribution in [0.25, 0.3) is 0 Å². The first kappa shape index (κ1) is 23.3. The number of rotatable bonds is 7. The molecule has 2 atom stereocenters. The maximum absolute atomic E-state index is 12.9. The highest BCUT2D eigenvalue weighted by atomic mass is 16.3. The second-order valence-electron chi connectivity index (χ2n) is 9.40. The highest BCUT2D eigenvalue weighted by Gasteiger charge is 2.24. The lowest BCUT2D eigenvalue weighted by Gasteiger charge is -2.32. The van der Waals surface area contributed by atoms with Crippen molar-refractivity contribution >= 4 is 17.5 Å². The number of amides is 2. The Kier molecular flexibility index (Phi) is 7.65. The summed E-state index contributed by atoms with van der Waals surface area (Å²) in [5.74, 6) is 0.0471. The minimum absolute atomic E-state index is 0.0257. The highest BCUT2D eigenvalue weighted by molar-refractivity contribution is 5.95. The van der Waals surface area contributed by atoms with Gasteiger partial charge in [-0.2, -0.15) is 0 Å². The Morgan fingerprint density at radius 1 is 1.09 bits per heavy atom. The lowest BCUT2D eigenvalue weighted by Crippen LogP contribution is -2.40. The molecule has 2 aliphatic rings. The van der Waals surface area contributed by atoms with Gasteiger partial charge < -0.3 is 20.6 Å². The Labute approximate surface area is 196 Å². The third-order valence-electron chi connectivity index (χ3n) is 6.88. The van der Waals surface area contributed by atoms with Gasteiger partial charge in [-0.05, 0) is 86.3 Å². The van der Waals surface area contributed by atoms with Gasteiger partial charge in [-0.15, -0.1) is 0 Å². The zero-order chi connectivity index (χ0) is 23.2. The van der Waals surface area contributed by atoms with E-state index in [4.69, 9.17) is 0 Å². The number of aliphatic hydroxyl groups excluding tert-OH is 1. The van der Waals surface area contributed by atoms with E-state index in [9.17, 15) is 14.7 Å². The van der Waals surface area contributed by atoms with Crippen LogP contribution in [0.15, 0.2) is 42.5 Å². The average molecular weight is 450 g/mol. The zero-order valence-corrected chi connectivity index (χ0v) is 19.5. The number of hydrogen-bond acceptors (Lipinski definition) is 4. The van der Waals surface area contributed by atoms with Crippen LogP contribution in [-0.4, -0.2) is 48.1 Å². The van der Waals surface area contributed by atoms with Crippen molar-refractivity contribution in [2.45, 2.75) is 51.5 Å². The summed E-state index contributed by atoms with van der Waals surface area (Å²) in [5, 5.41) is 15.6. The van der Waals surface area contributed by atoms with Crippen molar-refractivity contribution < 1.29 is 14.7 Å². The molecule has 0 bridgehead atoms. The molecule has 6 nitrogen and oxygen atoms in total. The maximum atomic E-state index is 12.9. The zero-order valence-electron chi connectivity index (χ0n) is 19.5. The number of aliphatic hydroxyl groups is 1. The van der Waals surface area contributed by atoms with Crippen molar-refractivity contribution in [2.75, 3.05) is 31.6 Å². The van der Waals surface area contributed by atoms with E-state index >= 15 is 0 Å². The largest absolute Gasteiger partial charge is 0.396 e. The first-order valence-corrected chi connectivity index (χ1v) is 12.2. The van der Waals surface area contributed by atoms with Crippen LogP contribution in [0.3, 0.4) is 0 Å². The van der Waals surface area contributed by atoms with Gasteiger partial charge in [0.05, 0.1) is 12.6 Å². The number of anilines is 1. The van der Waals surface area contributed by atoms with Crippen molar-refractivity contribution in [1.82, 2.24) is 10.2 Å². The molecule has 2 aromatic carbocycles. The van der Waals surface area contributed by atoms with Crippen LogP contribution < -0.4 is 10.6 Å². The third kappa shape index (κ3) is 5.93. The van der Waals surface area contributed by atoms with E-state index in [1.807, 2.05) is 24.0 Å². The van der Waals surface area contributed by atoms with E-state index in [-0.39, 0.29) is 36.9 Å². The number of benzene rings is 2. The summed E-state index contributed by atoms with van der Waals surface area (Å²) in [4.78, 5) is 27.3. The minimum Gasteiger partial charge on any atom is -0.396 e. The van der Waals surface area contributed by atoms with Gasteiger partial charge in [-0.1, -0.05) is 24.3 Å². The van der Waals surface area contributed by atoms with Crippen molar-refractivity contribution in [2.24, 2.45) is 5.92 Å². The lowest BCUT2D eigenvalue weighted by molar-refractivity contribution is -0.120. The summed E-state index contributed by atoms with van der Waals surface area (Å²) in [7, 11) is 0. The SMILES string of the molecule is CC(NC(=O)CNc1cccc(C(=O)N2CCCC(CO)C2)c1)c1ccc2c(c1)CCCC2. The van der Waals surface area contributed by atoms with E-state index < -0.39 is 0 Å². The van der Waals surface area contributed by atoms with Gasteiger partial charge in [0.1, 0.15) is 0 Å². The van der Waals surface area contributed by atoms with Gasteiger partial charge in [0.25, 0.3) is 5.91 Å². The fourth-order valence-electron chi connectivity index (χ4n) is 4.92. The summed E-state index contributed by atoms with van der Waals surface area (Å²) >= 11 is 0. The number of nitrogens with zero attached hydrogens (tertiary/aromatic N) is 1. The molecule has 0 radical (unpaired) electrons. The number of piperidine rings is 1. The first-order valence-electron chi connectivity index (χ1n) is 12.2. The summed E-state index contributed by atoms with van der Waals surface area (Å²) in [6.45, 7) is 3.58. The number of likely N-dealkylation sites (tertiary alicyclic amines) is 1. The van der Waals surface area contributed by atoms with Crippen LogP contribution in [-0.2, 0) is 17.6 Å². The Morgan fingerprint density at radius 2 is 1.91 bits per heavy atom. The average Bonchev–Trinajstić information content (AvgIpc) is 2.87. The molecule has 3 N–H and O–H groups in total. The summed E-state index contributed by atoms with van der Waals surface area (Å²) in [6.07, 6.45) is 6.65. The normalized spacial score (nSPS) is 18.8. The predicted octanol–water partition coefficient (Wildman–Crippen LogP) is 3.70. The molecule has 0 saturated carbocycles. The van der Waals surface area contributed by atoms with Gasteiger partial charge >= 0.3 is 0 Å². The molecule has 1 saturated heterocycles. The van der Waals surface area contributed by atoms with E-state index in [1.54, 1.807) is 12.1 Å². The molecule has 33 heavy (non-hydrogen) atoms. The molecule has 1 aliphatic carbocycles. The molecule has 1 fully saturated rings. The molecular weight excluding hydrogens is 414 g/mol. The van der Waals surface area contributed by atoms with Crippen molar-refractivity contribution in [3.05, 3.63) is 64.7 Å². The molecule has 2 aromatic rings. The molecule has 0 spiro atoms. The first-order chi connectivity index (χ1) is 16.0. The summed E-state index contributed by atoms with van der Waals surface area (Å²) < 4.78 is 0. The molecule has 2 amide bonds. The summed E-state index contributed by atoms with van der Waals surface area (Å²) in [6, 6.07) is 13.8. The Balaban J connectivity index is 1.31. The van der Waals surface area contributed by atoms with Crippen LogP contribution in [0.4, 0.5) is 5.69 Å². The van der Waals surface area contributed by atoms with Crippen molar-refractivity contribution in [3.8, 4) is 0 Å². The standard InChI is InChI=1S/C27H35N3O3/c1-19(22-12-11-21-7-2-3-8-23(21)14-22)29-26(32)16-28-25-10-4-9-24(15-25)27(33)30-13-5-6-20(17-30)18-31/h4,9-12,14-15,19-20,28,31H,2-3,5-8,13,16-18H2,1H3,(H,29,32). The predicted molar refractivity (Wildman–Crippen MR) is 130 cm³/mol. The quantitative estimate of drug-likeness (QED) is 0.602.